The molecule has 32 heavy (non-hydrogen) atoms. The summed E-state index contributed by atoms with van der Waals surface area (Å²) in [7, 11) is 0. The van der Waals surface area contributed by atoms with E-state index < -0.39 is 11.2 Å². The Kier molecular flexibility index (Phi) is 3.96. The first kappa shape index (κ1) is 20.1. The summed E-state index contributed by atoms with van der Waals surface area (Å²) in [6, 6.07) is 7.77. The Labute approximate surface area is 184 Å². The minimum Gasteiger partial charge on any atom is -0.507 e. The maximum Gasteiger partial charge on any atom is 0.185 e. The lowest BCUT2D eigenvalue weighted by Gasteiger charge is -2.27. The van der Waals surface area contributed by atoms with Gasteiger partial charge in [0.1, 0.15) is 34.0 Å². The van der Waals surface area contributed by atoms with Crippen molar-refractivity contribution in [1.29, 1.82) is 0 Å². The molecule has 162 valence electrons. The molecule has 0 fully saturated rings. The first-order valence-electron chi connectivity index (χ1n) is 10.3. The van der Waals surface area contributed by atoms with Crippen molar-refractivity contribution in [2.24, 2.45) is 0 Å². The molecule has 1 atom stereocenters. The molecule has 0 amide bonds. The second kappa shape index (κ2) is 6.32. The maximum absolute atomic E-state index is 13.9. The third-order valence-electron chi connectivity index (χ3n) is 6.52. The van der Waals surface area contributed by atoms with Gasteiger partial charge >= 0.3 is 0 Å². The summed E-state index contributed by atoms with van der Waals surface area (Å²) < 4.78 is 7.72. The number of Topliss-reactive ketones (excluding diaryl/α,β-unsaturated/α-hetero) is 2. The predicted octanol–water partition coefficient (Wildman–Crippen LogP) is 4.30. The molecule has 0 saturated carbocycles. The van der Waals surface area contributed by atoms with E-state index in [0.717, 1.165) is 11.3 Å². The number of hydrogen-bond acceptors (Lipinski definition) is 6. The van der Waals surface area contributed by atoms with Crippen LogP contribution in [0.15, 0.2) is 30.0 Å². The highest BCUT2D eigenvalue weighted by molar-refractivity contribution is 6.14. The van der Waals surface area contributed by atoms with Crippen LogP contribution in [0, 0.1) is 20.8 Å². The van der Waals surface area contributed by atoms with Crippen LogP contribution in [0.4, 0.5) is 0 Å². The third kappa shape index (κ3) is 2.33. The fourth-order valence-corrected chi connectivity index (χ4v) is 4.67. The van der Waals surface area contributed by atoms with Gasteiger partial charge in [-0.15, -0.1) is 0 Å². The van der Waals surface area contributed by atoms with Crippen molar-refractivity contribution in [3.05, 3.63) is 69.2 Å². The zero-order valence-electron chi connectivity index (χ0n) is 18.4. The Morgan fingerprint density at radius 1 is 1.09 bits per heavy atom. The number of carbonyl (C=O) groups excluding carboxylic acids is 2. The molecule has 7 nitrogen and oxygen atoms in total. The molecule has 7 heteroatoms. The van der Waals surface area contributed by atoms with Gasteiger partial charge in [0, 0.05) is 11.6 Å². The minimum absolute atomic E-state index is 0.0258. The number of phenols is 2. The van der Waals surface area contributed by atoms with Crippen LogP contribution in [0.3, 0.4) is 0 Å². The quantitative estimate of drug-likeness (QED) is 0.588. The SMILES string of the molecule is CC(=O)c1c(O)c(C)c(O)c2c1OC1=Cc3c(c(C)nn3-c3ccc(C)cc3)C(=O)C12C. The van der Waals surface area contributed by atoms with Crippen LogP contribution in [0.2, 0.25) is 0 Å². The number of hydrogen-bond donors (Lipinski definition) is 2. The van der Waals surface area contributed by atoms with Crippen molar-refractivity contribution in [2.75, 3.05) is 0 Å². The van der Waals surface area contributed by atoms with E-state index in [-0.39, 0.29) is 45.5 Å². The Morgan fingerprint density at radius 3 is 2.38 bits per heavy atom. The number of rotatable bonds is 2. The summed E-state index contributed by atoms with van der Waals surface area (Å²) in [5.41, 5.74) is 2.39. The summed E-state index contributed by atoms with van der Waals surface area (Å²) in [5.74, 6) is -0.998. The number of ketones is 2. The van der Waals surface area contributed by atoms with E-state index in [1.807, 2.05) is 31.2 Å². The van der Waals surface area contributed by atoms with Crippen molar-refractivity contribution >= 4 is 17.6 Å². The smallest absolute Gasteiger partial charge is 0.185 e. The number of phenolic OH excluding ortho intramolecular Hbond substituents is 2. The lowest BCUT2D eigenvalue weighted by molar-refractivity contribution is 0.0905. The fraction of sp³-hybridized carbons (Fsp3) is 0.240. The predicted molar refractivity (Wildman–Crippen MR) is 118 cm³/mol. The van der Waals surface area contributed by atoms with E-state index in [0.29, 0.717) is 17.0 Å². The van der Waals surface area contributed by atoms with E-state index >= 15 is 0 Å². The van der Waals surface area contributed by atoms with Gasteiger partial charge in [0.25, 0.3) is 0 Å². The van der Waals surface area contributed by atoms with Crippen LogP contribution in [0.25, 0.3) is 11.8 Å². The molecule has 2 aromatic carbocycles. The highest BCUT2D eigenvalue weighted by Crippen LogP contribution is 2.58. The molecule has 0 saturated heterocycles. The van der Waals surface area contributed by atoms with Crippen LogP contribution >= 0.6 is 0 Å². The number of aromatic nitrogens is 2. The Balaban J connectivity index is 1.80. The second-order valence-electron chi connectivity index (χ2n) is 8.62. The summed E-state index contributed by atoms with van der Waals surface area (Å²) in [6.45, 7) is 8.23. The van der Waals surface area contributed by atoms with E-state index in [9.17, 15) is 19.8 Å². The highest BCUT2D eigenvalue weighted by Gasteiger charge is 2.55. The molecular formula is C25H22N2O5. The molecule has 5 rings (SSSR count). The van der Waals surface area contributed by atoms with Crippen molar-refractivity contribution in [3.63, 3.8) is 0 Å². The zero-order valence-corrected chi connectivity index (χ0v) is 18.4. The van der Waals surface area contributed by atoms with E-state index in [1.165, 1.54) is 13.8 Å². The Hall–Kier alpha value is -3.87. The fourth-order valence-electron chi connectivity index (χ4n) is 4.67. The lowest BCUT2D eigenvalue weighted by Crippen LogP contribution is -2.36. The first-order chi connectivity index (χ1) is 15.1. The van der Waals surface area contributed by atoms with Crippen molar-refractivity contribution in [2.45, 2.75) is 40.0 Å². The van der Waals surface area contributed by atoms with E-state index in [4.69, 9.17) is 4.74 Å². The minimum atomic E-state index is -1.35. The van der Waals surface area contributed by atoms with Crippen molar-refractivity contribution in [3.8, 4) is 22.9 Å². The topological polar surface area (TPSA) is 102 Å². The molecule has 1 aliphatic carbocycles. The molecule has 0 radical (unpaired) electrons. The number of aryl methyl sites for hydroxylation is 2. The van der Waals surface area contributed by atoms with Gasteiger partial charge in [0.15, 0.2) is 11.6 Å². The molecule has 0 spiro atoms. The largest absolute Gasteiger partial charge is 0.507 e. The molecular weight excluding hydrogens is 408 g/mol. The van der Waals surface area contributed by atoms with Gasteiger partial charge in [0.05, 0.1) is 28.2 Å². The maximum atomic E-state index is 13.9. The third-order valence-corrected chi connectivity index (χ3v) is 6.52. The molecule has 2 heterocycles. The molecule has 2 N–H and O–H groups in total. The number of benzene rings is 2. The van der Waals surface area contributed by atoms with Gasteiger partial charge < -0.3 is 14.9 Å². The van der Waals surface area contributed by atoms with Crippen molar-refractivity contribution < 1.29 is 24.5 Å². The van der Waals surface area contributed by atoms with Gasteiger partial charge in [-0.25, -0.2) is 4.68 Å². The number of carbonyl (C=O) groups is 2. The van der Waals surface area contributed by atoms with Gasteiger partial charge in [-0.05, 0) is 46.8 Å². The Morgan fingerprint density at radius 2 is 1.75 bits per heavy atom. The Bertz CT molecular complexity index is 1400. The van der Waals surface area contributed by atoms with Gasteiger partial charge in [0.2, 0.25) is 0 Å². The van der Waals surface area contributed by atoms with Crippen LogP contribution < -0.4 is 4.74 Å². The number of fused-ring (bicyclic) bond motifs is 4. The average molecular weight is 430 g/mol. The first-order valence-corrected chi connectivity index (χ1v) is 10.3. The average Bonchev–Trinajstić information content (AvgIpc) is 3.22. The number of ether oxygens (including phenoxy) is 1. The monoisotopic (exact) mass is 430 g/mol. The van der Waals surface area contributed by atoms with Crippen molar-refractivity contribution in [1.82, 2.24) is 9.78 Å². The van der Waals surface area contributed by atoms with Gasteiger partial charge in [-0.3, -0.25) is 9.59 Å². The summed E-state index contributed by atoms with van der Waals surface area (Å²) in [6.07, 6.45) is 1.73. The van der Waals surface area contributed by atoms with Crippen LogP contribution in [0.5, 0.6) is 17.2 Å². The van der Waals surface area contributed by atoms with Crippen LogP contribution in [-0.2, 0) is 5.41 Å². The summed E-state index contributed by atoms with van der Waals surface area (Å²) >= 11 is 0. The normalized spacial score (nSPS) is 18.5. The number of allylic oxidation sites excluding steroid dienone is 1. The van der Waals surface area contributed by atoms with Crippen LogP contribution in [0.1, 0.15) is 62.6 Å². The highest BCUT2D eigenvalue weighted by atomic mass is 16.5. The van der Waals surface area contributed by atoms with Gasteiger partial charge in [-0.2, -0.15) is 5.10 Å². The summed E-state index contributed by atoms with van der Waals surface area (Å²) in [4.78, 5) is 26.2. The van der Waals surface area contributed by atoms with E-state index in [1.54, 1.807) is 24.6 Å². The molecule has 1 aliphatic heterocycles. The van der Waals surface area contributed by atoms with Crippen LogP contribution in [-0.4, -0.2) is 31.6 Å². The lowest BCUT2D eigenvalue weighted by atomic mass is 9.71. The molecule has 3 aromatic rings. The second-order valence-corrected chi connectivity index (χ2v) is 8.62. The summed E-state index contributed by atoms with van der Waals surface area (Å²) in [5, 5.41) is 26.0. The molecule has 2 aliphatic rings. The standard InChI is InChI=1S/C25H22N2O5/c1-11-6-8-15(9-7-11)27-16-10-17-25(5,24(31)18(16)13(3)26-27)20-22(30)12(2)21(29)19(14(4)28)23(20)32-17/h6-10,29-30H,1-5H3. The number of aromatic hydroxyl groups is 2. The molecule has 0 bridgehead atoms. The van der Waals surface area contributed by atoms with E-state index in [2.05, 4.69) is 5.10 Å². The van der Waals surface area contributed by atoms with Gasteiger partial charge in [-0.1, -0.05) is 17.7 Å². The number of nitrogens with zero attached hydrogens (tertiary/aromatic N) is 2. The zero-order chi connectivity index (χ0) is 23.1. The molecule has 1 unspecified atom stereocenters. The molecule has 1 aromatic heterocycles.